The fourth-order valence-electron chi connectivity index (χ4n) is 1.32. The summed E-state index contributed by atoms with van der Waals surface area (Å²) in [4.78, 5) is 12.7. The molecule has 0 aliphatic heterocycles. The molecule has 6 heteroatoms. The summed E-state index contributed by atoms with van der Waals surface area (Å²) in [7, 11) is 0. The van der Waals surface area contributed by atoms with Crippen LogP contribution in [-0.4, -0.2) is 5.78 Å². The van der Waals surface area contributed by atoms with Gasteiger partial charge in [0.1, 0.15) is 4.34 Å². The lowest BCUT2D eigenvalue weighted by Crippen LogP contribution is -2.03. The normalized spacial score (nSPS) is 10.5. The van der Waals surface area contributed by atoms with Crippen molar-refractivity contribution in [3.8, 4) is 0 Å². The summed E-state index contributed by atoms with van der Waals surface area (Å²) in [6.45, 7) is 0. The number of thiophene rings is 1. The Morgan fingerprint density at radius 1 is 1.29 bits per heavy atom. The summed E-state index contributed by atoms with van der Waals surface area (Å²) in [5.41, 5.74) is 6.55. The molecule has 1 aromatic carbocycles. The zero-order valence-corrected chi connectivity index (χ0v) is 12.3. The van der Waals surface area contributed by atoms with Crippen molar-refractivity contribution in [2.45, 2.75) is 0 Å². The third-order valence-corrected chi connectivity index (χ3v) is 4.84. The molecule has 0 saturated heterocycles. The Kier molecular flexibility index (Phi) is 3.78. The van der Waals surface area contributed by atoms with Crippen molar-refractivity contribution < 1.29 is 4.79 Å². The van der Waals surface area contributed by atoms with Crippen LogP contribution in [0.25, 0.3) is 0 Å². The maximum Gasteiger partial charge on any atom is 0.205 e. The fraction of sp³-hybridized carbons (Fsp3) is 0. The average Bonchev–Trinajstić information content (AvgIpc) is 2.62. The monoisotopic (exact) mass is 349 g/mol. The van der Waals surface area contributed by atoms with Crippen LogP contribution in [0.1, 0.15) is 15.2 Å². The maximum atomic E-state index is 12.2. The molecule has 2 aromatic rings. The van der Waals surface area contributed by atoms with Crippen molar-refractivity contribution in [1.29, 1.82) is 0 Å². The number of hydrogen-bond acceptors (Lipinski definition) is 3. The highest BCUT2D eigenvalue weighted by atomic mass is 79.9. The van der Waals surface area contributed by atoms with E-state index in [0.717, 1.165) is 0 Å². The molecule has 0 bridgehead atoms. The summed E-state index contributed by atoms with van der Waals surface area (Å²) in [5.74, 6) is -0.178. The Hall–Kier alpha value is -0.550. The number of benzene rings is 1. The van der Waals surface area contributed by atoms with E-state index in [0.29, 0.717) is 30.0 Å². The molecule has 2 N–H and O–H groups in total. The fourth-order valence-corrected chi connectivity index (χ4v) is 3.14. The minimum Gasteiger partial charge on any atom is -0.398 e. The van der Waals surface area contributed by atoms with Gasteiger partial charge in [-0.1, -0.05) is 23.2 Å². The van der Waals surface area contributed by atoms with Gasteiger partial charge < -0.3 is 5.73 Å². The van der Waals surface area contributed by atoms with E-state index < -0.39 is 0 Å². The average molecular weight is 351 g/mol. The number of halogens is 3. The third-order valence-electron chi connectivity index (χ3n) is 2.13. The number of carbonyl (C=O) groups is 1. The van der Waals surface area contributed by atoms with Gasteiger partial charge in [0, 0.05) is 20.7 Å². The first-order chi connectivity index (χ1) is 7.99. The lowest BCUT2D eigenvalue weighted by atomic mass is 10.1. The van der Waals surface area contributed by atoms with Crippen LogP contribution in [0.2, 0.25) is 9.36 Å². The second-order valence-corrected chi connectivity index (χ2v) is 6.24. The predicted octanol–water partition coefficient (Wildman–Crippen LogP) is 4.63. The van der Waals surface area contributed by atoms with Gasteiger partial charge in [-0.3, -0.25) is 4.79 Å². The van der Waals surface area contributed by atoms with Crippen LogP contribution < -0.4 is 5.73 Å². The molecule has 2 nitrogen and oxygen atoms in total. The van der Waals surface area contributed by atoms with E-state index in [9.17, 15) is 4.79 Å². The van der Waals surface area contributed by atoms with E-state index in [2.05, 4.69) is 15.9 Å². The minimum atomic E-state index is -0.178. The molecule has 1 aromatic heterocycles. The Balaban J connectivity index is 2.47. The number of ketones is 1. The van der Waals surface area contributed by atoms with E-state index in [4.69, 9.17) is 28.9 Å². The molecule has 0 radical (unpaired) electrons. The number of rotatable bonds is 2. The van der Waals surface area contributed by atoms with Crippen LogP contribution in [0.4, 0.5) is 5.69 Å². The molecule has 0 aliphatic rings. The van der Waals surface area contributed by atoms with Gasteiger partial charge in [-0.2, -0.15) is 0 Å². The highest BCUT2D eigenvalue weighted by Crippen LogP contribution is 2.34. The Labute approximate surface area is 120 Å². The second kappa shape index (κ2) is 4.98. The molecular weight excluding hydrogens is 345 g/mol. The van der Waals surface area contributed by atoms with Crippen molar-refractivity contribution in [3.63, 3.8) is 0 Å². The van der Waals surface area contributed by atoms with Gasteiger partial charge in [0.05, 0.1) is 4.88 Å². The first-order valence-electron chi connectivity index (χ1n) is 4.53. The molecular formula is C11H6BrCl2NOS. The molecule has 0 saturated carbocycles. The van der Waals surface area contributed by atoms with Crippen molar-refractivity contribution in [1.82, 2.24) is 0 Å². The lowest BCUT2D eigenvalue weighted by Gasteiger charge is -2.03. The summed E-state index contributed by atoms with van der Waals surface area (Å²) >= 11 is 16.2. The molecule has 0 unspecified atom stereocenters. The molecule has 2 rings (SSSR count). The molecule has 0 amide bonds. The van der Waals surface area contributed by atoms with E-state index >= 15 is 0 Å². The highest BCUT2D eigenvalue weighted by Gasteiger charge is 2.16. The van der Waals surface area contributed by atoms with Crippen LogP contribution >= 0.6 is 50.5 Å². The summed E-state index contributed by atoms with van der Waals surface area (Å²) in [6, 6.07) is 6.49. The SMILES string of the molecule is Nc1ccc(Cl)cc1C(=O)c1cc(Br)c(Cl)s1. The van der Waals surface area contributed by atoms with Gasteiger partial charge in [0.25, 0.3) is 0 Å². The van der Waals surface area contributed by atoms with Gasteiger partial charge in [-0.15, -0.1) is 11.3 Å². The van der Waals surface area contributed by atoms with Crippen LogP contribution in [0, 0.1) is 0 Å². The van der Waals surface area contributed by atoms with E-state index in [-0.39, 0.29) is 5.78 Å². The molecule has 17 heavy (non-hydrogen) atoms. The van der Waals surface area contributed by atoms with Crippen LogP contribution in [-0.2, 0) is 0 Å². The van der Waals surface area contributed by atoms with Crippen molar-refractivity contribution in [2.24, 2.45) is 0 Å². The summed E-state index contributed by atoms with van der Waals surface area (Å²) in [5, 5.41) is 0.476. The molecule has 0 atom stereocenters. The lowest BCUT2D eigenvalue weighted by molar-refractivity contribution is 0.104. The van der Waals surface area contributed by atoms with Gasteiger partial charge in [0.2, 0.25) is 5.78 Å². The molecule has 88 valence electrons. The first-order valence-corrected chi connectivity index (χ1v) is 6.90. The standard InChI is InChI=1S/C11H6BrCl2NOS/c12-7-4-9(17-11(7)14)10(16)6-3-5(13)1-2-8(6)15/h1-4H,15H2. The van der Waals surface area contributed by atoms with Gasteiger partial charge in [-0.25, -0.2) is 0 Å². The van der Waals surface area contributed by atoms with Crippen molar-refractivity contribution >= 4 is 61.9 Å². The number of nitrogen functional groups attached to an aromatic ring is 1. The smallest absolute Gasteiger partial charge is 0.205 e. The van der Waals surface area contributed by atoms with Crippen molar-refractivity contribution in [2.75, 3.05) is 5.73 Å². The first kappa shape index (κ1) is 12.9. The highest BCUT2D eigenvalue weighted by molar-refractivity contribution is 9.10. The maximum absolute atomic E-state index is 12.2. The van der Waals surface area contributed by atoms with Gasteiger partial charge in [0.15, 0.2) is 0 Å². The summed E-state index contributed by atoms with van der Waals surface area (Å²) < 4.78 is 1.24. The number of hydrogen-bond donors (Lipinski definition) is 1. The zero-order chi connectivity index (χ0) is 12.6. The zero-order valence-electron chi connectivity index (χ0n) is 8.34. The van der Waals surface area contributed by atoms with E-state index in [1.165, 1.54) is 11.3 Å². The van der Waals surface area contributed by atoms with Crippen LogP contribution in [0.15, 0.2) is 28.7 Å². The Morgan fingerprint density at radius 3 is 2.59 bits per heavy atom. The number of carbonyl (C=O) groups excluding carboxylic acids is 1. The van der Waals surface area contributed by atoms with Gasteiger partial charge >= 0.3 is 0 Å². The Morgan fingerprint density at radius 2 is 2.00 bits per heavy atom. The predicted molar refractivity (Wildman–Crippen MR) is 76.3 cm³/mol. The number of anilines is 1. The molecule has 0 spiro atoms. The van der Waals surface area contributed by atoms with E-state index in [1.54, 1.807) is 24.3 Å². The van der Waals surface area contributed by atoms with Crippen LogP contribution in [0.5, 0.6) is 0 Å². The third kappa shape index (κ3) is 2.65. The second-order valence-electron chi connectivity index (χ2n) is 3.29. The molecule has 0 aliphatic carbocycles. The van der Waals surface area contributed by atoms with Gasteiger partial charge in [-0.05, 0) is 40.2 Å². The van der Waals surface area contributed by atoms with Crippen molar-refractivity contribution in [3.05, 3.63) is 48.5 Å². The molecule has 1 heterocycles. The topological polar surface area (TPSA) is 43.1 Å². The summed E-state index contributed by atoms with van der Waals surface area (Å²) in [6.07, 6.45) is 0. The Bertz CT molecular complexity index is 578. The van der Waals surface area contributed by atoms with Crippen LogP contribution in [0.3, 0.4) is 0 Å². The number of nitrogens with two attached hydrogens (primary N) is 1. The molecule has 0 fully saturated rings. The van der Waals surface area contributed by atoms with E-state index in [1.807, 2.05) is 0 Å². The largest absolute Gasteiger partial charge is 0.398 e. The minimum absolute atomic E-state index is 0.178. The quantitative estimate of drug-likeness (QED) is 0.633.